The van der Waals surface area contributed by atoms with E-state index in [9.17, 15) is 14.0 Å². The molecular weight excluding hydrogens is 405 g/mol. The molecule has 1 atom stereocenters. The molecule has 1 unspecified atom stereocenters. The molecule has 3 N–H and O–H groups in total. The number of aliphatic hydroxyl groups excluding tert-OH is 1. The topological polar surface area (TPSA) is 110 Å². The SMILES string of the molecule is C=C(CC(C)NC(=O)COc1ccc(C)c(F)c1)NC(=O)c1ccc(OCCO)nc1. The van der Waals surface area contributed by atoms with Crippen molar-refractivity contribution in [3.8, 4) is 11.6 Å². The van der Waals surface area contributed by atoms with Gasteiger partial charge in [0.25, 0.3) is 11.8 Å². The van der Waals surface area contributed by atoms with Crippen molar-refractivity contribution in [1.29, 1.82) is 0 Å². The molecule has 1 heterocycles. The normalized spacial score (nSPS) is 11.4. The number of halogens is 1. The van der Waals surface area contributed by atoms with E-state index in [-0.39, 0.29) is 37.5 Å². The van der Waals surface area contributed by atoms with E-state index in [1.807, 2.05) is 0 Å². The summed E-state index contributed by atoms with van der Waals surface area (Å²) in [5.41, 5.74) is 1.22. The lowest BCUT2D eigenvalue weighted by Crippen LogP contribution is -2.37. The van der Waals surface area contributed by atoms with Crippen molar-refractivity contribution in [2.45, 2.75) is 26.3 Å². The zero-order valence-electron chi connectivity index (χ0n) is 17.5. The third kappa shape index (κ3) is 8.06. The summed E-state index contributed by atoms with van der Waals surface area (Å²) in [6.45, 7) is 6.93. The summed E-state index contributed by atoms with van der Waals surface area (Å²) in [5, 5.41) is 14.1. The molecule has 0 bridgehead atoms. The number of aryl methyl sites for hydroxylation is 1. The number of nitrogens with zero attached hydrogens (tertiary/aromatic N) is 1. The van der Waals surface area contributed by atoms with Crippen molar-refractivity contribution < 1.29 is 28.6 Å². The number of aromatic nitrogens is 1. The van der Waals surface area contributed by atoms with E-state index in [1.165, 1.54) is 18.3 Å². The molecule has 1 aromatic carbocycles. The molecule has 0 saturated carbocycles. The quantitative estimate of drug-likeness (QED) is 0.503. The van der Waals surface area contributed by atoms with E-state index >= 15 is 0 Å². The fourth-order valence-electron chi connectivity index (χ4n) is 2.58. The van der Waals surface area contributed by atoms with E-state index in [4.69, 9.17) is 14.6 Å². The number of carbonyl (C=O) groups excluding carboxylic acids is 2. The molecule has 0 aliphatic heterocycles. The van der Waals surface area contributed by atoms with Gasteiger partial charge in [-0.15, -0.1) is 0 Å². The zero-order chi connectivity index (χ0) is 22.8. The Bertz CT molecular complexity index is 918. The lowest BCUT2D eigenvalue weighted by atomic mass is 10.2. The largest absolute Gasteiger partial charge is 0.484 e. The molecule has 1 aromatic heterocycles. The van der Waals surface area contributed by atoms with Crippen molar-refractivity contribution in [3.63, 3.8) is 0 Å². The van der Waals surface area contributed by atoms with Crippen LogP contribution in [0.25, 0.3) is 0 Å². The molecule has 0 fully saturated rings. The molecule has 0 radical (unpaired) electrons. The van der Waals surface area contributed by atoms with Gasteiger partial charge in [0.2, 0.25) is 5.88 Å². The van der Waals surface area contributed by atoms with Crippen LogP contribution in [0.15, 0.2) is 48.8 Å². The van der Waals surface area contributed by atoms with Gasteiger partial charge in [-0.25, -0.2) is 9.37 Å². The Balaban J connectivity index is 1.74. The summed E-state index contributed by atoms with van der Waals surface area (Å²) in [6.07, 6.45) is 1.66. The molecule has 2 rings (SSSR count). The van der Waals surface area contributed by atoms with Crippen LogP contribution in [0.2, 0.25) is 0 Å². The summed E-state index contributed by atoms with van der Waals surface area (Å²) in [5.74, 6) is -0.606. The molecule has 2 aromatic rings. The maximum atomic E-state index is 13.5. The standard InChI is InChI=1S/C22H26FN3O5/c1-14-4-6-18(11-19(14)23)31-13-20(28)25-15(2)10-16(3)26-22(29)17-5-7-21(24-12-17)30-9-8-27/h4-7,11-12,15,27H,3,8-10,13H2,1-2H3,(H,25,28)(H,26,29). The van der Waals surface area contributed by atoms with Crippen LogP contribution < -0.4 is 20.1 Å². The Morgan fingerprint density at radius 3 is 2.68 bits per heavy atom. The van der Waals surface area contributed by atoms with Gasteiger partial charge < -0.3 is 25.2 Å². The molecule has 31 heavy (non-hydrogen) atoms. The Labute approximate surface area is 180 Å². The number of nitrogens with one attached hydrogen (secondary N) is 2. The first-order valence-electron chi connectivity index (χ1n) is 9.65. The second kappa shape index (κ2) is 11.7. The van der Waals surface area contributed by atoms with Crippen molar-refractivity contribution in [3.05, 3.63) is 65.7 Å². The summed E-state index contributed by atoms with van der Waals surface area (Å²) < 4.78 is 23.9. The van der Waals surface area contributed by atoms with Gasteiger partial charge in [0.05, 0.1) is 12.2 Å². The maximum absolute atomic E-state index is 13.5. The Kier molecular flexibility index (Phi) is 8.95. The fraction of sp³-hybridized carbons (Fsp3) is 0.318. The molecular formula is C22H26FN3O5. The number of carbonyl (C=O) groups is 2. The van der Waals surface area contributed by atoms with Gasteiger partial charge in [-0.3, -0.25) is 9.59 Å². The third-order valence-electron chi connectivity index (χ3n) is 4.10. The number of aliphatic hydroxyl groups is 1. The minimum Gasteiger partial charge on any atom is -0.484 e. The van der Waals surface area contributed by atoms with Gasteiger partial charge in [-0.05, 0) is 31.5 Å². The number of benzene rings is 1. The Hall–Kier alpha value is -3.46. The molecule has 166 valence electrons. The van der Waals surface area contributed by atoms with E-state index in [0.717, 1.165) is 0 Å². The molecule has 0 aliphatic carbocycles. The number of ether oxygens (including phenoxy) is 2. The third-order valence-corrected chi connectivity index (χ3v) is 4.10. The molecule has 0 aliphatic rings. The van der Waals surface area contributed by atoms with Crippen molar-refractivity contribution >= 4 is 11.8 Å². The molecule has 2 amide bonds. The van der Waals surface area contributed by atoms with Crippen LogP contribution in [0.4, 0.5) is 4.39 Å². The number of rotatable bonds is 11. The maximum Gasteiger partial charge on any atom is 0.258 e. The van der Waals surface area contributed by atoms with Gasteiger partial charge in [0, 0.05) is 36.5 Å². The van der Waals surface area contributed by atoms with Gasteiger partial charge in [0.1, 0.15) is 18.2 Å². The summed E-state index contributed by atoms with van der Waals surface area (Å²) in [6, 6.07) is 7.14. The molecule has 8 nitrogen and oxygen atoms in total. The van der Waals surface area contributed by atoms with E-state index in [0.29, 0.717) is 29.1 Å². The van der Waals surface area contributed by atoms with Gasteiger partial charge >= 0.3 is 0 Å². The van der Waals surface area contributed by atoms with Gasteiger partial charge in [-0.1, -0.05) is 12.6 Å². The highest BCUT2D eigenvalue weighted by molar-refractivity contribution is 5.95. The predicted molar refractivity (Wildman–Crippen MR) is 112 cm³/mol. The van der Waals surface area contributed by atoms with Crippen LogP contribution in [0.5, 0.6) is 11.6 Å². The van der Waals surface area contributed by atoms with Crippen LogP contribution in [0, 0.1) is 12.7 Å². The number of amides is 2. The molecule has 0 saturated heterocycles. The summed E-state index contributed by atoms with van der Waals surface area (Å²) in [7, 11) is 0. The Morgan fingerprint density at radius 1 is 1.26 bits per heavy atom. The first-order chi connectivity index (χ1) is 14.8. The van der Waals surface area contributed by atoms with Crippen LogP contribution in [-0.4, -0.2) is 47.8 Å². The lowest BCUT2D eigenvalue weighted by molar-refractivity contribution is -0.123. The first kappa shape index (κ1) is 23.8. The highest BCUT2D eigenvalue weighted by Crippen LogP contribution is 2.15. The van der Waals surface area contributed by atoms with E-state index in [2.05, 4.69) is 22.2 Å². The Morgan fingerprint density at radius 2 is 2.03 bits per heavy atom. The van der Waals surface area contributed by atoms with Crippen LogP contribution >= 0.6 is 0 Å². The lowest BCUT2D eigenvalue weighted by Gasteiger charge is -2.16. The highest BCUT2D eigenvalue weighted by atomic mass is 19.1. The number of hydrogen-bond donors (Lipinski definition) is 3. The van der Waals surface area contributed by atoms with Crippen molar-refractivity contribution in [1.82, 2.24) is 15.6 Å². The second-order valence-corrected chi connectivity index (χ2v) is 6.89. The zero-order valence-corrected chi connectivity index (χ0v) is 17.5. The fourth-order valence-corrected chi connectivity index (χ4v) is 2.58. The first-order valence-corrected chi connectivity index (χ1v) is 9.65. The second-order valence-electron chi connectivity index (χ2n) is 6.89. The van der Waals surface area contributed by atoms with Crippen molar-refractivity contribution in [2.24, 2.45) is 0 Å². The number of hydrogen-bond acceptors (Lipinski definition) is 6. The van der Waals surface area contributed by atoms with Crippen LogP contribution in [0.1, 0.15) is 29.3 Å². The van der Waals surface area contributed by atoms with E-state index < -0.39 is 11.7 Å². The van der Waals surface area contributed by atoms with Gasteiger partial charge in [-0.2, -0.15) is 0 Å². The summed E-state index contributed by atoms with van der Waals surface area (Å²) in [4.78, 5) is 28.3. The molecule has 0 spiro atoms. The predicted octanol–water partition coefficient (Wildman–Crippen LogP) is 2.12. The van der Waals surface area contributed by atoms with Crippen LogP contribution in [-0.2, 0) is 4.79 Å². The van der Waals surface area contributed by atoms with Crippen molar-refractivity contribution in [2.75, 3.05) is 19.8 Å². The monoisotopic (exact) mass is 431 g/mol. The average molecular weight is 431 g/mol. The average Bonchev–Trinajstić information content (AvgIpc) is 2.73. The molecule has 9 heteroatoms. The highest BCUT2D eigenvalue weighted by Gasteiger charge is 2.13. The number of pyridine rings is 1. The minimum absolute atomic E-state index is 0.117. The smallest absolute Gasteiger partial charge is 0.258 e. The van der Waals surface area contributed by atoms with E-state index in [1.54, 1.807) is 32.0 Å². The minimum atomic E-state index is -0.402. The van der Waals surface area contributed by atoms with Crippen LogP contribution in [0.3, 0.4) is 0 Å². The summed E-state index contributed by atoms with van der Waals surface area (Å²) >= 11 is 0. The van der Waals surface area contributed by atoms with Gasteiger partial charge in [0.15, 0.2) is 6.61 Å².